The predicted molar refractivity (Wildman–Crippen MR) is 94.2 cm³/mol. The number of nitrogens with zero attached hydrogens (tertiary/aromatic N) is 3. The van der Waals surface area contributed by atoms with Gasteiger partial charge in [0, 0.05) is 24.1 Å². The van der Waals surface area contributed by atoms with E-state index in [9.17, 15) is 10.1 Å². The van der Waals surface area contributed by atoms with Crippen LogP contribution in [-0.4, -0.2) is 15.1 Å². The van der Waals surface area contributed by atoms with E-state index in [1.165, 1.54) is 6.07 Å². The Morgan fingerprint density at radius 1 is 1.24 bits per heavy atom. The normalized spacial score (nSPS) is 11.9. The van der Waals surface area contributed by atoms with Crippen molar-refractivity contribution in [1.82, 2.24) is 10.1 Å². The van der Waals surface area contributed by atoms with Crippen LogP contribution in [0, 0.1) is 10.1 Å². The van der Waals surface area contributed by atoms with Gasteiger partial charge in [-0.05, 0) is 24.6 Å². The summed E-state index contributed by atoms with van der Waals surface area (Å²) in [4.78, 5) is 15.3. The van der Waals surface area contributed by atoms with Crippen molar-refractivity contribution < 1.29 is 9.45 Å². The first-order valence-corrected chi connectivity index (χ1v) is 8.01. The van der Waals surface area contributed by atoms with Gasteiger partial charge >= 0.3 is 0 Å². The van der Waals surface area contributed by atoms with Crippen molar-refractivity contribution in [3.63, 3.8) is 0 Å². The monoisotopic (exact) mass is 338 g/mol. The molecular formula is C18H18N4O3. The van der Waals surface area contributed by atoms with E-state index in [0.29, 0.717) is 23.5 Å². The first kappa shape index (κ1) is 16.6. The second-order valence-corrected chi connectivity index (χ2v) is 5.64. The van der Waals surface area contributed by atoms with E-state index in [0.717, 1.165) is 5.56 Å². The summed E-state index contributed by atoms with van der Waals surface area (Å²) in [5, 5.41) is 18.5. The number of aromatic nitrogens is 2. The first-order chi connectivity index (χ1) is 12.1. The molecule has 7 nitrogen and oxygen atoms in total. The Kier molecular flexibility index (Phi) is 4.74. The number of benzene rings is 2. The van der Waals surface area contributed by atoms with Gasteiger partial charge in [0.25, 0.3) is 11.6 Å². The molecule has 0 aliphatic carbocycles. The van der Waals surface area contributed by atoms with Gasteiger partial charge in [-0.15, -0.1) is 0 Å². The lowest BCUT2D eigenvalue weighted by Gasteiger charge is -2.16. The molecule has 0 aliphatic rings. The molecule has 0 unspecified atom stereocenters. The molecule has 0 radical (unpaired) electrons. The molecule has 1 aromatic heterocycles. The van der Waals surface area contributed by atoms with Crippen molar-refractivity contribution in [3.05, 3.63) is 70.0 Å². The highest BCUT2D eigenvalue weighted by molar-refractivity contribution is 5.70. The molecule has 1 atom stereocenters. The lowest BCUT2D eigenvalue weighted by atomic mass is 10.1. The third-order valence-electron chi connectivity index (χ3n) is 3.90. The summed E-state index contributed by atoms with van der Waals surface area (Å²) in [6.45, 7) is 3.87. The van der Waals surface area contributed by atoms with E-state index in [-0.39, 0.29) is 17.6 Å². The van der Waals surface area contributed by atoms with Gasteiger partial charge in [0.15, 0.2) is 5.82 Å². The molecule has 0 amide bonds. The number of rotatable bonds is 6. The van der Waals surface area contributed by atoms with Crippen LogP contribution in [0.15, 0.2) is 53.1 Å². The molecule has 0 fully saturated rings. The van der Waals surface area contributed by atoms with Crippen molar-refractivity contribution >= 4 is 11.4 Å². The van der Waals surface area contributed by atoms with Crippen molar-refractivity contribution in [3.8, 4) is 11.5 Å². The van der Waals surface area contributed by atoms with Crippen LogP contribution in [0.2, 0.25) is 0 Å². The molecule has 0 spiro atoms. The van der Waals surface area contributed by atoms with E-state index in [4.69, 9.17) is 4.52 Å². The first-order valence-electron chi connectivity index (χ1n) is 8.01. The fourth-order valence-electron chi connectivity index (χ4n) is 2.51. The molecule has 2 aromatic carbocycles. The number of aryl methyl sites for hydroxylation is 1. The third-order valence-corrected chi connectivity index (χ3v) is 3.90. The van der Waals surface area contributed by atoms with Crippen LogP contribution in [0.1, 0.15) is 31.3 Å². The molecule has 7 heteroatoms. The fraction of sp³-hybridized carbons (Fsp3) is 0.222. The molecule has 3 rings (SSSR count). The molecule has 128 valence electrons. The molecule has 0 bridgehead atoms. The summed E-state index contributed by atoms with van der Waals surface area (Å²) < 4.78 is 5.16. The van der Waals surface area contributed by atoms with Crippen molar-refractivity contribution in [1.29, 1.82) is 0 Å². The van der Waals surface area contributed by atoms with Crippen LogP contribution in [0.3, 0.4) is 0 Å². The third kappa shape index (κ3) is 3.65. The SMILES string of the molecule is CCc1noc(-c2ccc(N[C@H](C)c3ccccc3)c([N+](=O)[O-])c2)n1. The largest absolute Gasteiger partial charge is 0.373 e. The summed E-state index contributed by atoms with van der Waals surface area (Å²) in [5.41, 5.74) is 1.99. The van der Waals surface area contributed by atoms with E-state index in [2.05, 4.69) is 15.5 Å². The number of hydrogen-bond donors (Lipinski definition) is 1. The Morgan fingerprint density at radius 3 is 2.64 bits per heavy atom. The van der Waals surface area contributed by atoms with Crippen LogP contribution < -0.4 is 5.32 Å². The van der Waals surface area contributed by atoms with Crippen LogP contribution in [0.5, 0.6) is 0 Å². The lowest BCUT2D eigenvalue weighted by molar-refractivity contribution is -0.383. The average molecular weight is 338 g/mol. The maximum absolute atomic E-state index is 11.5. The van der Waals surface area contributed by atoms with Gasteiger partial charge in [-0.3, -0.25) is 10.1 Å². The quantitative estimate of drug-likeness (QED) is 0.529. The summed E-state index contributed by atoms with van der Waals surface area (Å²) >= 11 is 0. The van der Waals surface area contributed by atoms with Crippen LogP contribution in [0.25, 0.3) is 11.5 Å². The van der Waals surface area contributed by atoms with Crippen LogP contribution >= 0.6 is 0 Å². The van der Waals surface area contributed by atoms with E-state index >= 15 is 0 Å². The summed E-state index contributed by atoms with van der Waals surface area (Å²) in [7, 11) is 0. The zero-order valence-corrected chi connectivity index (χ0v) is 14.0. The zero-order valence-electron chi connectivity index (χ0n) is 14.0. The Balaban J connectivity index is 1.90. The van der Waals surface area contributed by atoms with Crippen molar-refractivity contribution in [2.45, 2.75) is 26.3 Å². The van der Waals surface area contributed by atoms with Crippen molar-refractivity contribution in [2.24, 2.45) is 0 Å². The Hall–Kier alpha value is -3.22. The van der Waals surface area contributed by atoms with Gasteiger partial charge in [0.05, 0.1) is 4.92 Å². The summed E-state index contributed by atoms with van der Waals surface area (Å²) in [5.74, 6) is 0.847. The number of hydrogen-bond acceptors (Lipinski definition) is 6. The smallest absolute Gasteiger partial charge is 0.293 e. The van der Waals surface area contributed by atoms with Gasteiger partial charge in [-0.25, -0.2) is 0 Å². The number of nitrogens with one attached hydrogen (secondary N) is 1. The molecule has 1 N–H and O–H groups in total. The maximum Gasteiger partial charge on any atom is 0.293 e. The maximum atomic E-state index is 11.5. The minimum Gasteiger partial charge on any atom is -0.373 e. The van der Waals surface area contributed by atoms with Crippen LogP contribution in [0.4, 0.5) is 11.4 Å². The fourth-order valence-corrected chi connectivity index (χ4v) is 2.51. The zero-order chi connectivity index (χ0) is 17.8. The second kappa shape index (κ2) is 7.12. The predicted octanol–water partition coefficient (Wildman–Crippen LogP) is 4.38. The number of nitro benzene ring substituents is 1. The van der Waals surface area contributed by atoms with Crippen LogP contribution in [-0.2, 0) is 6.42 Å². The average Bonchev–Trinajstić information content (AvgIpc) is 3.11. The molecule has 0 saturated heterocycles. The second-order valence-electron chi connectivity index (χ2n) is 5.64. The Bertz CT molecular complexity index is 877. The van der Waals surface area contributed by atoms with E-state index < -0.39 is 4.92 Å². The highest BCUT2D eigenvalue weighted by atomic mass is 16.6. The minimum atomic E-state index is -0.416. The topological polar surface area (TPSA) is 94.1 Å². The molecule has 0 saturated carbocycles. The van der Waals surface area contributed by atoms with E-state index in [1.54, 1.807) is 12.1 Å². The molecule has 3 aromatic rings. The highest BCUT2D eigenvalue weighted by Crippen LogP contribution is 2.32. The standard InChI is InChI=1S/C18H18N4O3/c1-3-17-20-18(25-21-17)14-9-10-15(16(11-14)22(23)24)19-12(2)13-7-5-4-6-8-13/h4-12,19H,3H2,1-2H3/t12-/m1/s1. The molecule has 0 aliphatic heterocycles. The van der Waals surface area contributed by atoms with Gasteiger partial charge in [-0.2, -0.15) is 4.98 Å². The van der Waals surface area contributed by atoms with Gasteiger partial charge in [0.1, 0.15) is 5.69 Å². The number of anilines is 1. The molecule has 1 heterocycles. The lowest BCUT2D eigenvalue weighted by Crippen LogP contribution is -2.08. The Morgan fingerprint density at radius 2 is 2.00 bits per heavy atom. The highest BCUT2D eigenvalue weighted by Gasteiger charge is 2.19. The molecule has 25 heavy (non-hydrogen) atoms. The van der Waals surface area contributed by atoms with E-state index in [1.807, 2.05) is 44.2 Å². The van der Waals surface area contributed by atoms with Gasteiger partial charge in [-0.1, -0.05) is 42.4 Å². The van der Waals surface area contributed by atoms with Gasteiger partial charge in [0.2, 0.25) is 0 Å². The van der Waals surface area contributed by atoms with Crippen molar-refractivity contribution in [2.75, 3.05) is 5.32 Å². The van der Waals surface area contributed by atoms with Gasteiger partial charge < -0.3 is 9.84 Å². The number of nitro groups is 1. The minimum absolute atomic E-state index is 0.0310. The molecular weight excluding hydrogens is 320 g/mol. The summed E-state index contributed by atoms with van der Waals surface area (Å²) in [6.07, 6.45) is 0.639. The summed E-state index contributed by atoms with van der Waals surface area (Å²) in [6, 6.07) is 14.5. The Labute approximate surface area is 144 Å².